The summed E-state index contributed by atoms with van der Waals surface area (Å²) >= 11 is 0. The molecule has 0 spiro atoms. The van der Waals surface area contributed by atoms with Crippen molar-refractivity contribution in [1.82, 2.24) is 20.1 Å². The van der Waals surface area contributed by atoms with E-state index in [0.717, 1.165) is 17.7 Å². The monoisotopic (exact) mass is 530 g/mol. The molecule has 0 radical (unpaired) electrons. The molecule has 4 heterocycles. The minimum atomic E-state index is -4.38. The van der Waals surface area contributed by atoms with Crippen LogP contribution in [0.4, 0.5) is 13.2 Å². The Morgan fingerprint density at radius 2 is 1.82 bits per heavy atom. The molecule has 2 aromatic rings. The number of benzene rings is 1. The number of piperidine rings is 2. The normalized spacial score (nSPS) is 25.9. The Balaban J connectivity index is 1.31. The van der Waals surface area contributed by atoms with Crippen LogP contribution in [0.5, 0.6) is 0 Å². The molecule has 3 aliphatic rings. The van der Waals surface area contributed by atoms with Crippen LogP contribution in [-0.4, -0.2) is 56.7 Å². The molecule has 1 aromatic heterocycles. The number of aromatic nitrogens is 1. The number of hydrogen-bond acceptors (Lipinski definition) is 6. The highest BCUT2D eigenvalue weighted by Crippen LogP contribution is 2.46. The van der Waals surface area contributed by atoms with Crippen LogP contribution in [0.25, 0.3) is 0 Å². The van der Waals surface area contributed by atoms with Gasteiger partial charge < -0.3 is 10.0 Å². The van der Waals surface area contributed by atoms with E-state index in [9.17, 15) is 32.7 Å². The van der Waals surface area contributed by atoms with Crippen LogP contribution in [0.1, 0.15) is 66.0 Å². The number of rotatable bonds is 4. The Labute approximate surface area is 217 Å². The van der Waals surface area contributed by atoms with E-state index in [2.05, 4.69) is 15.2 Å². The highest BCUT2D eigenvalue weighted by molar-refractivity contribution is 6.05. The molecule has 202 valence electrons. The molecule has 2 fully saturated rings. The van der Waals surface area contributed by atoms with E-state index >= 15 is 0 Å². The fraction of sp³-hybridized carbons (Fsp3) is 0.481. The number of pyridine rings is 1. The van der Waals surface area contributed by atoms with Crippen LogP contribution >= 0.6 is 0 Å². The molecule has 11 heteroatoms. The highest BCUT2D eigenvalue weighted by atomic mass is 19.4. The minimum absolute atomic E-state index is 0.116. The molecular formula is C27H29F3N4O4. The van der Waals surface area contributed by atoms with Crippen molar-refractivity contribution in [3.05, 3.63) is 64.5 Å². The topological polar surface area (TPSA) is 103 Å². The molecule has 5 rings (SSSR count). The smallest absolute Gasteiger partial charge is 0.383 e. The van der Waals surface area contributed by atoms with E-state index in [1.165, 1.54) is 17.0 Å². The lowest BCUT2D eigenvalue weighted by molar-refractivity contribution is -0.138. The number of hydrogen-bond donors (Lipinski definition) is 2. The average molecular weight is 531 g/mol. The Kier molecular flexibility index (Phi) is 6.34. The van der Waals surface area contributed by atoms with Crippen LogP contribution in [0.3, 0.4) is 0 Å². The SMILES string of the molecule is CC1(C)CN(Cc2ccc(C(F)(F)F)cc2)CC[C@@]1(O)c1ccc2c(n1)CN([C@@H]1CCC(=O)NC1=O)C2=O. The second kappa shape index (κ2) is 9.16. The van der Waals surface area contributed by atoms with E-state index in [0.29, 0.717) is 43.0 Å². The second-order valence-electron chi connectivity index (χ2n) is 11.0. The molecule has 2 saturated heterocycles. The van der Waals surface area contributed by atoms with Gasteiger partial charge in [0.25, 0.3) is 5.91 Å². The van der Waals surface area contributed by atoms with Crippen molar-refractivity contribution in [2.24, 2.45) is 5.41 Å². The molecule has 3 aliphatic heterocycles. The summed E-state index contributed by atoms with van der Waals surface area (Å²) in [5, 5.41) is 14.1. The molecule has 1 aromatic carbocycles. The van der Waals surface area contributed by atoms with Gasteiger partial charge in [0, 0.05) is 31.5 Å². The number of nitrogens with one attached hydrogen (secondary N) is 1. The summed E-state index contributed by atoms with van der Waals surface area (Å²) in [6, 6.07) is 7.65. The molecule has 0 bridgehead atoms. The third kappa shape index (κ3) is 4.58. The number of nitrogens with zero attached hydrogens (tertiary/aromatic N) is 3. The number of likely N-dealkylation sites (tertiary alicyclic amines) is 1. The summed E-state index contributed by atoms with van der Waals surface area (Å²) in [6.45, 7) is 5.38. The first-order valence-electron chi connectivity index (χ1n) is 12.5. The maximum Gasteiger partial charge on any atom is 0.416 e. The van der Waals surface area contributed by atoms with Crippen molar-refractivity contribution < 1.29 is 32.7 Å². The van der Waals surface area contributed by atoms with Crippen LogP contribution in [0, 0.1) is 5.41 Å². The summed E-state index contributed by atoms with van der Waals surface area (Å²) < 4.78 is 38.6. The first kappa shape index (κ1) is 26.3. The van der Waals surface area contributed by atoms with Gasteiger partial charge in [-0.1, -0.05) is 26.0 Å². The zero-order chi connectivity index (χ0) is 27.5. The minimum Gasteiger partial charge on any atom is -0.383 e. The largest absolute Gasteiger partial charge is 0.416 e. The predicted octanol–water partition coefficient (Wildman–Crippen LogP) is 2.98. The van der Waals surface area contributed by atoms with Gasteiger partial charge in [-0.2, -0.15) is 13.2 Å². The van der Waals surface area contributed by atoms with E-state index in [1.807, 2.05) is 13.8 Å². The molecule has 0 aliphatic carbocycles. The quantitative estimate of drug-likeness (QED) is 0.590. The number of imide groups is 1. The lowest BCUT2D eigenvalue weighted by Crippen LogP contribution is -2.55. The summed E-state index contributed by atoms with van der Waals surface area (Å²) in [5.41, 5.74) is -0.607. The Bertz CT molecular complexity index is 1290. The van der Waals surface area contributed by atoms with Gasteiger partial charge in [-0.25, -0.2) is 0 Å². The summed E-state index contributed by atoms with van der Waals surface area (Å²) in [4.78, 5) is 45.0. The fourth-order valence-corrected chi connectivity index (χ4v) is 5.76. The van der Waals surface area contributed by atoms with Gasteiger partial charge in [0.1, 0.15) is 11.6 Å². The van der Waals surface area contributed by atoms with Gasteiger partial charge in [0.05, 0.1) is 29.1 Å². The summed E-state index contributed by atoms with van der Waals surface area (Å²) in [5.74, 6) is -1.18. The van der Waals surface area contributed by atoms with Crippen molar-refractivity contribution in [3.63, 3.8) is 0 Å². The molecule has 0 saturated carbocycles. The molecule has 2 N–H and O–H groups in total. The van der Waals surface area contributed by atoms with Crippen molar-refractivity contribution in [2.75, 3.05) is 13.1 Å². The van der Waals surface area contributed by atoms with E-state index in [4.69, 9.17) is 0 Å². The van der Waals surface area contributed by atoms with Gasteiger partial charge >= 0.3 is 6.18 Å². The van der Waals surface area contributed by atoms with Crippen molar-refractivity contribution in [3.8, 4) is 0 Å². The molecule has 38 heavy (non-hydrogen) atoms. The summed E-state index contributed by atoms with van der Waals surface area (Å²) in [6.07, 6.45) is -3.62. The number of alkyl halides is 3. The van der Waals surface area contributed by atoms with Gasteiger partial charge in [-0.3, -0.25) is 29.6 Å². The summed E-state index contributed by atoms with van der Waals surface area (Å²) in [7, 11) is 0. The van der Waals surface area contributed by atoms with Crippen molar-refractivity contribution in [1.29, 1.82) is 0 Å². The standard InChI is InChI=1S/C27H29F3N4O4/c1-25(2)15-33(13-16-3-5-17(6-4-16)27(28,29)30)12-11-26(25,38)21-9-7-18-19(31-21)14-34(24(18)37)20-8-10-22(35)32-23(20)36/h3-7,9,20,38H,8,10-15H2,1-2H3,(H,32,35,36)/t20-,26-/m1/s1. The lowest BCUT2D eigenvalue weighted by Gasteiger charge is -2.50. The maximum atomic E-state index is 13.0. The van der Waals surface area contributed by atoms with E-state index < -0.39 is 34.7 Å². The fourth-order valence-electron chi connectivity index (χ4n) is 5.76. The lowest BCUT2D eigenvalue weighted by atomic mass is 9.68. The predicted molar refractivity (Wildman–Crippen MR) is 129 cm³/mol. The zero-order valence-electron chi connectivity index (χ0n) is 21.1. The number of carbonyl (C=O) groups excluding carboxylic acids is 3. The van der Waals surface area contributed by atoms with Crippen molar-refractivity contribution >= 4 is 17.7 Å². The Morgan fingerprint density at radius 3 is 2.45 bits per heavy atom. The van der Waals surface area contributed by atoms with Crippen LogP contribution in [0.15, 0.2) is 36.4 Å². The van der Waals surface area contributed by atoms with Gasteiger partial charge in [-0.05, 0) is 42.7 Å². The van der Waals surface area contributed by atoms with Gasteiger partial charge in [0.2, 0.25) is 11.8 Å². The molecule has 0 unspecified atom stereocenters. The second-order valence-corrected chi connectivity index (χ2v) is 11.0. The average Bonchev–Trinajstić information content (AvgIpc) is 3.16. The number of amides is 3. The van der Waals surface area contributed by atoms with Gasteiger partial charge in [-0.15, -0.1) is 0 Å². The Morgan fingerprint density at radius 1 is 1.11 bits per heavy atom. The zero-order valence-corrected chi connectivity index (χ0v) is 21.1. The van der Waals surface area contributed by atoms with Crippen molar-refractivity contribution in [2.45, 2.75) is 64.0 Å². The maximum absolute atomic E-state index is 13.0. The van der Waals surface area contributed by atoms with Crippen LogP contribution in [-0.2, 0) is 34.5 Å². The first-order valence-corrected chi connectivity index (χ1v) is 12.5. The number of carbonyl (C=O) groups is 3. The molecule has 2 atom stereocenters. The molecule has 3 amide bonds. The molecule has 8 nitrogen and oxygen atoms in total. The highest BCUT2D eigenvalue weighted by Gasteiger charge is 2.50. The third-order valence-corrected chi connectivity index (χ3v) is 8.01. The van der Waals surface area contributed by atoms with Crippen LogP contribution < -0.4 is 5.32 Å². The Hall–Kier alpha value is -3.31. The number of fused-ring (bicyclic) bond motifs is 1. The first-order chi connectivity index (χ1) is 17.8. The molecular weight excluding hydrogens is 501 g/mol. The number of halogens is 3. The van der Waals surface area contributed by atoms with Gasteiger partial charge in [0.15, 0.2) is 0 Å². The number of aliphatic hydroxyl groups is 1. The van der Waals surface area contributed by atoms with E-state index in [1.54, 1.807) is 12.1 Å². The van der Waals surface area contributed by atoms with E-state index in [-0.39, 0.29) is 31.2 Å². The third-order valence-electron chi connectivity index (χ3n) is 8.01. The van der Waals surface area contributed by atoms with Crippen LogP contribution in [0.2, 0.25) is 0 Å².